The first-order valence-corrected chi connectivity index (χ1v) is 6.56. The van der Waals surface area contributed by atoms with E-state index >= 15 is 0 Å². The lowest BCUT2D eigenvalue weighted by Gasteiger charge is -2.12. The van der Waals surface area contributed by atoms with Crippen molar-refractivity contribution in [1.29, 1.82) is 0 Å². The molecule has 0 radical (unpaired) electrons. The minimum absolute atomic E-state index is 0.0169. The van der Waals surface area contributed by atoms with Gasteiger partial charge in [0.15, 0.2) is 0 Å². The number of hydrogen-bond donors (Lipinski definition) is 2. The van der Waals surface area contributed by atoms with Gasteiger partial charge in [0.25, 0.3) is 0 Å². The summed E-state index contributed by atoms with van der Waals surface area (Å²) in [5, 5.41) is 0. The molecular weight excluding hydrogens is 218 g/mol. The number of likely N-dealkylation sites (N-methyl/N-ethyl adjacent to an activating group) is 1. The molecule has 1 rings (SSSR count). The molecule has 0 saturated carbocycles. The quantitative estimate of drug-likeness (QED) is 0.605. The largest absolute Gasteiger partial charge is 0.344 e. The molecule has 0 spiro atoms. The monoisotopic (exact) mass is 235 g/mol. The van der Waals surface area contributed by atoms with Gasteiger partial charge in [-0.05, 0) is 19.4 Å². The number of nitrogens with two attached hydrogens (primary N) is 1. The molecule has 0 aromatic heterocycles. The second-order valence-electron chi connectivity index (χ2n) is 3.68. The zero-order chi connectivity index (χ0) is 11.5. The van der Waals surface area contributed by atoms with E-state index in [1.807, 2.05) is 0 Å². The van der Waals surface area contributed by atoms with Gasteiger partial charge in [-0.15, -0.1) is 0 Å². The van der Waals surface area contributed by atoms with Crippen LogP contribution in [0.3, 0.4) is 0 Å². The molecular formula is C8H17N3O3S. The van der Waals surface area contributed by atoms with Crippen molar-refractivity contribution in [1.82, 2.24) is 9.62 Å². The molecule has 1 amide bonds. The highest BCUT2D eigenvalue weighted by molar-refractivity contribution is 7.89. The van der Waals surface area contributed by atoms with Crippen LogP contribution in [0.5, 0.6) is 0 Å². The van der Waals surface area contributed by atoms with Crippen LogP contribution in [-0.2, 0) is 14.8 Å². The van der Waals surface area contributed by atoms with Crippen molar-refractivity contribution in [2.75, 3.05) is 25.9 Å². The van der Waals surface area contributed by atoms with Gasteiger partial charge in [0.1, 0.15) is 6.04 Å². The Balaban J connectivity index is 2.51. The number of likely N-dealkylation sites (tertiary alicyclic amines) is 1. The molecule has 15 heavy (non-hydrogen) atoms. The maximum absolute atomic E-state index is 11.5. The molecule has 0 aromatic carbocycles. The van der Waals surface area contributed by atoms with Gasteiger partial charge in [0.05, 0.1) is 5.75 Å². The fourth-order valence-corrected chi connectivity index (χ4v) is 2.80. The summed E-state index contributed by atoms with van der Waals surface area (Å²) < 4.78 is 25.3. The highest BCUT2D eigenvalue weighted by Gasteiger charge is 2.31. The van der Waals surface area contributed by atoms with Gasteiger partial charge in [-0.1, -0.05) is 0 Å². The number of carbonyl (C=O) groups excluding carboxylic acids is 1. The number of hydrogen-bond acceptors (Lipinski definition) is 4. The first-order valence-electron chi connectivity index (χ1n) is 4.91. The maximum Gasteiger partial charge on any atom is 0.240 e. The third-order valence-electron chi connectivity index (χ3n) is 2.37. The Labute approximate surface area is 89.9 Å². The second-order valence-corrected chi connectivity index (χ2v) is 5.55. The molecule has 0 aromatic rings. The Bertz CT molecular complexity index is 328. The third-order valence-corrected chi connectivity index (χ3v) is 3.84. The minimum Gasteiger partial charge on any atom is -0.344 e. The standard InChI is InChI=1S/C8H17N3O3S/c1-11-5-3-7(8(11)12)10-15(13,14)6-2-4-9/h7,10H,2-6,9H2,1H3. The molecule has 6 nitrogen and oxygen atoms in total. The van der Waals surface area contributed by atoms with Crippen LogP contribution in [0.15, 0.2) is 0 Å². The summed E-state index contributed by atoms with van der Waals surface area (Å²) in [7, 11) is -1.70. The number of amides is 1. The van der Waals surface area contributed by atoms with Crippen molar-refractivity contribution >= 4 is 15.9 Å². The summed E-state index contributed by atoms with van der Waals surface area (Å²) in [5.74, 6) is -0.178. The predicted octanol–water partition coefficient (Wildman–Crippen LogP) is -1.51. The summed E-state index contributed by atoms with van der Waals surface area (Å²) in [6, 6.07) is -0.585. The molecule has 1 saturated heterocycles. The number of nitrogens with zero attached hydrogens (tertiary/aromatic N) is 1. The maximum atomic E-state index is 11.5. The number of nitrogens with one attached hydrogen (secondary N) is 1. The van der Waals surface area contributed by atoms with E-state index in [4.69, 9.17) is 5.73 Å². The van der Waals surface area contributed by atoms with E-state index in [0.717, 1.165) is 0 Å². The lowest BCUT2D eigenvalue weighted by Crippen LogP contribution is -2.41. The average Bonchev–Trinajstić information content (AvgIpc) is 2.46. The van der Waals surface area contributed by atoms with Gasteiger partial charge in [0, 0.05) is 13.6 Å². The number of rotatable bonds is 5. The van der Waals surface area contributed by atoms with Crippen LogP contribution >= 0.6 is 0 Å². The Hall–Kier alpha value is -0.660. The van der Waals surface area contributed by atoms with Crippen LogP contribution in [0.1, 0.15) is 12.8 Å². The molecule has 88 valence electrons. The first-order chi connectivity index (χ1) is 6.96. The van der Waals surface area contributed by atoms with Crippen molar-refractivity contribution in [3.05, 3.63) is 0 Å². The van der Waals surface area contributed by atoms with E-state index in [0.29, 0.717) is 25.9 Å². The fraction of sp³-hybridized carbons (Fsp3) is 0.875. The van der Waals surface area contributed by atoms with Crippen LogP contribution in [0.2, 0.25) is 0 Å². The van der Waals surface area contributed by atoms with Crippen molar-refractivity contribution in [3.63, 3.8) is 0 Å². The van der Waals surface area contributed by atoms with Crippen LogP contribution in [0.25, 0.3) is 0 Å². The van der Waals surface area contributed by atoms with Crippen molar-refractivity contribution < 1.29 is 13.2 Å². The zero-order valence-electron chi connectivity index (χ0n) is 8.77. The number of sulfonamides is 1. The molecule has 1 aliphatic rings. The van der Waals surface area contributed by atoms with Gasteiger partial charge in [0.2, 0.25) is 15.9 Å². The average molecular weight is 235 g/mol. The summed E-state index contributed by atoms with van der Waals surface area (Å²) in [5.41, 5.74) is 5.23. The lowest BCUT2D eigenvalue weighted by molar-refractivity contribution is -0.127. The molecule has 0 bridgehead atoms. The smallest absolute Gasteiger partial charge is 0.240 e. The normalized spacial score (nSPS) is 22.4. The Kier molecular flexibility index (Phi) is 4.06. The van der Waals surface area contributed by atoms with Gasteiger partial charge in [-0.25, -0.2) is 13.1 Å². The van der Waals surface area contributed by atoms with E-state index in [9.17, 15) is 13.2 Å². The van der Waals surface area contributed by atoms with E-state index in [1.165, 1.54) is 4.90 Å². The zero-order valence-corrected chi connectivity index (χ0v) is 9.59. The van der Waals surface area contributed by atoms with Gasteiger partial charge >= 0.3 is 0 Å². The summed E-state index contributed by atoms with van der Waals surface area (Å²) in [6.07, 6.45) is 0.948. The predicted molar refractivity (Wildman–Crippen MR) is 56.6 cm³/mol. The van der Waals surface area contributed by atoms with Gasteiger partial charge < -0.3 is 10.6 Å². The van der Waals surface area contributed by atoms with Gasteiger partial charge in [-0.2, -0.15) is 0 Å². The van der Waals surface area contributed by atoms with E-state index in [1.54, 1.807) is 7.05 Å². The van der Waals surface area contributed by atoms with E-state index in [-0.39, 0.29) is 11.7 Å². The van der Waals surface area contributed by atoms with Crippen LogP contribution in [0, 0.1) is 0 Å². The SMILES string of the molecule is CN1CCC(NS(=O)(=O)CCCN)C1=O. The molecule has 7 heteroatoms. The molecule has 1 fully saturated rings. The van der Waals surface area contributed by atoms with Crippen molar-refractivity contribution in [2.24, 2.45) is 5.73 Å². The topological polar surface area (TPSA) is 92.5 Å². The van der Waals surface area contributed by atoms with E-state index < -0.39 is 16.1 Å². The van der Waals surface area contributed by atoms with Gasteiger partial charge in [-0.3, -0.25) is 4.79 Å². The lowest BCUT2D eigenvalue weighted by atomic mass is 10.3. The molecule has 3 N–H and O–H groups in total. The van der Waals surface area contributed by atoms with Crippen LogP contribution in [0.4, 0.5) is 0 Å². The number of carbonyl (C=O) groups is 1. The highest BCUT2D eigenvalue weighted by Crippen LogP contribution is 2.09. The van der Waals surface area contributed by atoms with Crippen LogP contribution in [-0.4, -0.2) is 51.2 Å². The Morgan fingerprint density at radius 1 is 1.60 bits per heavy atom. The van der Waals surface area contributed by atoms with E-state index in [2.05, 4.69) is 4.72 Å². The Morgan fingerprint density at radius 3 is 2.73 bits per heavy atom. The molecule has 0 aliphatic carbocycles. The van der Waals surface area contributed by atoms with Crippen molar-refractivity contribution in [2.45, 2.75) is 18.9 Å². The minimum atomic E-state index is -3.36. The third kappa shape index (κ3) is 3.44. The second kappa shape index (κ2) is 4.91. The van der Waals surface area contributed by atoms with Crippen molar-refractivity contribution in [3.8, 4) is 0 Å². The molecule has 1 heterocycles. The van der Waals surface area contributed by atoms with Crippen LogP contribution < -0.4 is 10.5 Å². The molecule has 1 unspecified atom stereocenters. The summed E-state index contributed by atoms with van der Waals surface area (Å²) in [6.45, 7) is 0.933. The first kappa shape index (κ1) is 12.4. The summed E-state index contributed by atoms with van der Waals surface area (Å²) in [4.78, 5) is 13.0. The molecule has 1 atom stereocenters. The molecule has 1 aliphatic heterocycles. The highest BCUT2D eigenvalue weighted by atomic mass is 32.2. The fourth-order valence-electron chi connectivity index (χ4n) is 1.48. The summed E-state index contributed by atoms with van der Waals surface area (Å²) >= 11 is 0. The Morgan fingerprint density at radius 2 is 2.27 bits per heavy atom.